The summed E-state index contributed by atoms with van der Waals surface area (Å²) in [5, 5.41) is 4.61. The van der Waals surface area contributed by atoms with Gasteiger partial charge in [0.2, 0.25) is 0 Å². The summed E-state index contributed by atoms with van der Waals surface area (Å²) in [6, 6.07) is 8.34. The van der Waals surface area contributed by atoms with E-state index in [1.165, 1.54) is 11.3 Å². The van der Waals surface area contributed by atoms with Gasteiger partial charge in [-0.3, -0.25) is 4.79 Å². The molecule has 1 heterocycles. The van der Waals surface area contributed by atoms with Crippen LogP contribution in [0.3, 0.4) is 0 Å². The molecule has 2 aromatic rings. The van der Waals surface area contributed by atoms with Crippen molar-refractivity contribution in [2.75, 3.05) is 0 Å². The van der Waals surface area contributed by atoms with Crippen molar-refractivity contribution in [2.24, 2.45) is 5.73 Å². The van der Waals surface area contributed by atoms with Crippen LogP contribution in [-0.2, 0) is 0 Å². The summed E-state index contributed by atoms with van der Waals surface area (Å²) < 4.78 is 1.05. The zero-order valence-electron chi connectivity index (χ0n) is 11.1. The minimum absolute atomic E-state index is 0.0586. The summed E-state index contributed by atoms with van der Waals surface area (Å²) >= 11 is 7.77. The molecule has 3 nitrogen and oxygen atoms in total. The van der Waals surface area contributed by atoms with Crippen LogP contribution < -0.4 is 11.1 Å². The van der Waals surface area contributed by atoms with E-state index in [4.69, 9.17) is 17.3 Å². The topological polar surface area (TPSA) is 55.1 Å². The van der Waals surface area contributed by atoms with Crippen LogP contribution in [0.25, 0.3) is 10.1 Å². The van der Waals surface area contributed by atoms with Crippen molar-refractivity contribution in [3.63, 3.8) is 0 Å². The number of hydrogen-bond donors (Lipinski definition) is 2. The number of carbonyl (C=O) groups excluding carboxylic acids is 1. The van der Waals surface area contributed by atoms with E-state index in [0.29, 0.717) is 9.90 Å². The van der Waals surface area contributed by atoms with Gasteiger partial charge in [0.05, 0.1) is 5.02 Å². The Bertz CT molecular complexity index is 632. The van der Waals surface area contributed by atoms with E-state index >= 15 is 0 Å². The molecule has 1 aliphatic carbocycles. The quantitative estimate of drug-likeness (QED) is 0.891. The lowest BCUT2D eigenvalue weighted by Crippen LogP contribution is -2.40. The zero-order valence-corrected chi connectivity index (χ0v) is 12.6. The molecule has 0 aliphatic heterocycles. The molecule has 3 N–H and O–H groups in total. The van der Waals surface area contributed by atoms with Crippen molar-refractivity contribution >= 4 is 38.9 Å². The van der Waals surface area contributed by atoms with Crippen LogP contribution >= 0.6 is 22.9 Å². The first kappa shape index (κ1) is 13.9. The Morgan fingerprint density at radius 3 is 2.65 bits per heavy atom. The van der Waals surface area contributed by atoms with Gasteiger partial charge < -0.3 is 11.1 Å². The average Bonchev–Trinajstić information content (AvgIpc) is 2.79. The number of hydrogen-bond acceptors (Lipinski definition) is 3. The summed E-state index contributed by atoms with van der Waals surface area (Å²) in [6.07, 6.45) is 3.86. The van der Waals surface area contributed by atoms with Gasteiger partial charge in [0.15, 0.2) is 0 Å². The first-order chi connectivity index (χ1) is 9.65. The minimum atomic E-state index is -0.0586. The molecular formula is C15H17ClN2OS. The maximum atomic E-state index is 12.4. The summed E-state index contributed by atoms with van der Waals surface area (Å²) in [6.45, 7) is 0. The number of carbonyl (C=O) groups is 1. The van der Waals surface area contributed by atoms with E-state index in [2.05, 4.69) is 5.32 Å². The fourth-order valence-electron chi connectivity index (χ4n) is 2.67. The van der Waals surface area contributed by atoms with Crippen molar-refractivity contribution in [2.45, 2.75) is 37.8 Å². The van der Waals surface area contributed by atoms with E-state index in [1.54, 1.807) is 0 Å². The lowest BCUT2D eigenvalue weighted by Gasteiger charge is -2.26. The second-order valence-corrected chi connectivity index (χ2v) is 6.76. The Balaban J connectivity index is 1.77. The molecular weight excluding hydrogens is 292 g/mol. The van der Waals surface area contributed by atoms with Gasteiger partial charge in [0.1, 0.15) is 4.88 Å². The summed E-state index contributed by atoms with van der Waals surface area (Å²) in [4.78, 5) is 13.0. The molecule has 20 heavy (non-hydrogen) atoms. The number of amides is 1. The molecule has 0 bridgehead atoms. The van der Waals surface area contributed by atoms with Gasteiger partial charge in [-0.25, -0.2) is 0 Å². The molecule has 3 rings (SSSR count). The predicted octanol–water partition coefficient (Wildman–Crippen LogP) is 3.55. The van der Waals surface area contributed by atoms with E-state index in [1.807, 2.05) is 24.3 Å². The molecule has 1 aromatic heterocycles. The number of nitrogens with one attached hydrogen (secondary N) is 1. The lowest BCUT2D eigenvalue weighted by molar-refractivity contribution is 0.0930. The van der Waals surface area contributed by atoms with E-state index in [-0.39, 0.29) is 18.0 Å². The lowest BCUT2D eigenvalue weighted by atomic mass is 9.92. The Morgan fingerprint density at radius 2 is 1.95 bits per heavy atom. The maximum Gasteiger partial charge on any atom is 0.263 e. The fraction of sp³-hybridized carbons (Fsp3) is 0.400. The van der Waals surface area contributed by atoms with Crippen LogP contribution in [0, 0.1) is 0 Å². The highest BCUT2D eigenvalue weighted by Gasteiger charge is 2.23. The summed E-state index contributed by atoms with van der Waals surface area (Å²) in [7, 11) is 0. The first-order valence-corrected chi connectivity index (χ1v) is 8.08. The highest BCUT2D eigenvalue weighted by atomic mass is 35.5. The average molecular weight is 309 g/mol. The molecule has 1 saturated carbocycles. The number of fused-ring (bicyclic) bond motifs is 1. The third kappa shape index (κ3) is 2.68. The maximum absolute atomic E-state index is 12.4. The normalized spacial score (nSPS) is 22.9. The Hall–Kier alpha value is -1.10. The van der Waals surface area contributed by atoms with Gasteiger partial charge in [-0.2, -0.15) is 0 Å². The number of halogens is 1. The van der Waals surface area contributed by atoms with Crippen molar-refractivity contribution in [3.05, 3.63) is 34.2 Å². The zero-order chi connectivity index (χ0) is 14.1. The smallest absolute Gasteiger partial charge is 0.263 e. The molecule has 1 aromatic carbocycles. The van der Waals surface area contributed by atoms with Gasteiger partial charge >= 0.3 is 0 Å². The van der Waals surface area contributed by atoms with Crippen molar-refractivity contribution in [1.82, 2.24) is 5.32 Å². The number of nitrogens with two attached hydrogens (primary N) is 1. The summed E-state index contributed by atoms with van der Waals surface area (Å²) in [5.41, 5.74) is 5.88. The highest BCUT2D eigenvalue weighted by Crippen LogP contribution is 2.35. The van der Waals surface area contributed by atoms with Gasteiger partial charge in [0, 0.05) is 22.2 Å². The summed E-state index contributed by atoms with van der Waals surface area (Å²) in [5.74, 6) is -0.0586. The van der Waals surface area contributed by atoms with Crippen LogP contribution in [0.4, 0.5) is 0 Å². The van der Waals surface area contributed by atoms with Crippen LogP contribution in [0.2, 0.25) is 5.02 Å². The molecule has 0 unspecified atom stereocenters. The largest absolute Gasteiger partial charge is 0.349 e. The van der Waals surface area contributed by atoms with Crippen molar-refractivity contribution in [1.29, 1.82) is 0 Å². The number of thiophene rings is 1. The molecule has 1 fully saturated rings. The van der Waals surface area contributed by atoms with Gasteiger partial charge in [-0.1, -0.05) is 29.8 Å². The molecule has 0 spiro atoms. The Morgan fingerprint density at radius 1 is 1.25 bits per heavy atom. The van der Waals surface area contributed by atoms with Gasteiger partial charge in [-0.05, 0) is 31.7 Å². The highest BCUT2D eigenvalue weighted by molar-refractivity contribution is 7.21. The second-order valence-electron chi connectivity index (χ2n) is 5.33. The standard InChI is InChI=1S/C15H17ClN2OS/c16-13-11-3-1-2-4-12(11)20-14(13)15(19)18-10-7-5-9(17)6-8-10/h1-4,9-10H,5-8,17H2,(H,18,19). The Labute approximate surface area is 127 Å². The molecule has 0 radical (unpaired) electrons. The minimum Gasteiger partial charge on any atom is -0.349 e. The molecule has 1 amide bonds. The fourth-order valence-corrected chi connectivity index (χ4v) is 4.09. The number of rotatable bonds is 2. The Kier molecular flexibility index (Phi) is 3.96. The van der Waals surface area contributed by atoms with Crippen LogP contribution in [0.1, 0.15) is 35.4 Å². The van der Waals surface area contributed by atoms with Crippen LogP contribution in [0.5, 0.6) is 0 Å². The van der Waals surface area contributed by atoms with Gasteiger partial charge in [-0.15, -0.1) is 11.3 Å². The third-order valence-electron chi connectivity index (χ3n) is 3.85. The molecule has 1 aliphatic rings. The first-order valence-electron chi connectivity index (χ1n) is 6.88. The van der Waals surface area contributed by atoms with Crippen molar-refractivity contribution in [3.8, 4) is 0 Å². The SMILES string of the molecule is NC1CCC(NC(=O)c2sc3ccccc3c2Cl)CC1. The monoisotopic (exact) mass is 308 g/mol. The molecule has 106 valence electrons. The molecule has 5 heteroatoms. The second kappa shape index (κ2) is 5.72. The van der Waals surface area contributed by atoms with Crippen LogP contribution in [-0.4, -0.2) is 18.0 Å². The van der Waals surface area contributed by atoms with E-state index in [9.17, 15) is 4.79 Å². The molecule has 0 atom stereocenters. The predicted molar refractivity (Wildman–Crippen MR) is 84.5 cm³/mol. The van der Waals surface area contributed by atoms with Crippen LogP contribution in [0.15, 0.2) is 24.3 Å². The number of benzene rings is 1. The molecule has 0 saturated heterocycles. The van der Waals surface area contributed by atoms with Gasteiger partial charge in [0.25, 0.3) is 5.91 Å². The van der Waals surface area contributed by atoms with E-state index < -0.39 is 0 Å². The third-order valence-corrected chi connectivity index (χ3v) is 5.52. The van der Waals surface area contributed by atoms with E-state index in [0.717, 1.165) is 35.8 Å². The van der Waals surface area contributed by atoms with Crippen molar-refractivity contribution < 1.29 is 4.79 Å².